The quantitative estimate of drug-likeness (QED) is 0.160. The molecular formula is C32H44O2. The molecule has 2 aromatic carbocycles. The maximum Gasteiger partial charge on any atom is 0.170 e. The summed E-state index contributed by atoms with van der Waals surface area (Å²) < 4.78 is 0. The molecule has 0 aliphatic heterocycles. The first-order chi connectivity index (χ1) is 16.6. The van der Waals surface area contributed by atoms with Crippen LogP contribution >= 0.6 is 0 Å². The summed E-state index contributed by atoms with van der Waals surface area (Å²) in [5.74, 6) is 1.56. The van der Waals surface area contributed by atoms with E-state index in [0.717, 1.165) is 11.5 Å². The molecule has 34 heavy (non-hydrogen) atoms. The summed E-state index contributed by atoms with van der Waals surface area (Å²) in [6.45, 7) is 4.08. The number of rotatable bonds is 14. The maximum atomic E-state index is 12.2. The van der Waals surface area contributed by atoms with Crippen LogP contribution in [0.1, 0.15) is 126 Å². The third-order valence-corrected chi connectivity index (χ3v) is 7.74. The van der Waals surface area contributed by atoms with Crippen LogP contribution in [-0.4, -0.2) is 11.6 Å². The Labute approximate surface area is 207 Å². The molecule has 0 spiro atoms. The van der Waals surface area contributed by atoms with Gasteiger partial charge in [0, 0.05) is 12.0 Å². The number of hydrogen-bond acceptors (Lipinski definition) is 2. The number of ketones is 2. The van der Waals surface area contributed by atoms with Gasteiger partial charge in [0.05, 0.1) is 6.42 Å². The number of benzene rings is 2. The van der Waals surface area contributed by atoms with Gasteiger partial charge in [-0.05, 0) is 54.2 Å². The Hall–Kier alpha value is -2.22. The molecule has 0 atom stereocenters. The van der Waals surface area contributed by atoms with Crippen LogP contribution in [0.3, 0.4) is 0 Å². The molecule has 2 heteroatoms. The fraction of sp³-hybridized carbons (Fsp3) is 0.562. The van der Waals surface area contributed by atoms with Gasteiger partial charge in [0.2, 0.25) is 0 Å². The fourth-order valence-electron chi connectivity index (χ4n) is 5.38. The highest BCUT2D eigenvalue weighted by Gasteiger charge is 2.22. The van der Waals surface area contributed by atoms with E-state index < -0.39 is 0 Å². The molecule has 0 bridgehead atoms. The normalized spacial score (nSPS) is 18.1. The van der Waals surface area contributed by atoms with Crippen molar-refractivity contribution < 1.29 is 9.59 Å². The standard InChI is InChI=1S/C32H44O2/c1-3-5-6-7-8-9-10-11-25-12-14-26(15-13-25)27-16-18-28(19-17-27)29-20-22-30(23-21-29)32(34)24-31(33)4-2/h16-23,25-26H,3-15,24H2,1-2H3. The van der Waals surface area contributed by atoms with Crippen molar-refractivity contribution in [3.05, 3.63) is 59.7 Å². The molecule has 1 saturated carbocycles. The summed E-state index contributed by atoms with van der Waals surface area (Å²) in [4.78, 5) is 23.7. The van der Waals surface area contributed by atoms with Crippen molar-refractivity contribution in [2.45, 2.75) is 110 Å². The second-order valence-corrected chi connectivity index (χ2v) is 10.3. The van der Waals surface area contributed by atoms with Crippen LogP contribution in [0.2, 0.25) is 0 Å². The van der Waals surface area contributed by atoms with Crippen molar-refractivity contribution >= 4 is 11.6 Å². The van der Waals surface area contributed by atoms with Crippen molar-refractivity contribution in [1.82, 2.24) is 0 Å². The first kappa shape index (κ1) is 26.4. The SMILES string of the molecule is CCCCCCCCCC1CCC(c2ccc(-c3ccc(C(=O)CC(=O)CC)cc3)cc2)CC1. The van der Waals surface area contributed by atoms with Crippen LogP contribution < -0.4 is 0 Å². The molecular weight excluding hydrogens is 416 g/mol. The Bertz CT molecular complexity index is 870. The van der Waals surface area contributed by atoms with Gasteiger partial charge in [0.15, 0.2) is 5.78 Å². The minimum absolute atomic E-state index is 0.00324. The number of unbranched alkanes of at least 4 members (excludes halogenated alkanes) is 6. The van der Waals surface area contributed by atoms with Gasteiger partial charge in [-0.1, -0.05) is 114 Å². The first-order valence-corrected chi connectivity index (χ1v) is 13.9. The van der Waals surface area contributed by atoms with Crippen LogP contribution in [0.15, 0.2) is 48.5 Å². The Balaban J connectivity index is 1.43. The van der Waals surface area contributed by atoms with E-state index in [1.54, 1.807) is 6.92 Å². The lowest BCUT2D eigenvalue weighted by molar-refractivity contribution is -0.117. The van der Waals surface area contributed by atoms with Crippen LogP contribution in [0.4, 0.5) is 0 Å². The van der Waals surface area contributed by atoms with Gasteiger partial charge < -0.3 is 0 Å². The summed E-state index contributed by atoms with van der Waals surface area (Å²) in [6, 6.07) is 16.7. The summed E-state index contributed by atoms with van der Waals surface area (Å²) in [5.41, 5.74) is 4.39. The molecule has 0 N–H and O–H groups in total. The van der Waals surface area contributed by atoms with Gasteiger partial charge in [0.1, 0.15) is 5.78 Å². The summed E-state index contributed by atoms with van der Waals surface area (Å²) in [7, 11) is 0. The molecule has 1 aliphatic rings. The molecule has 0 heterocycles. The average molecular weight is 461 g/mol. The van der Waals surface area contributed by atoms with E-state index in [2.05, 4.69) is 31.2 Å². The van der Waals surface area contributed by atoms with Crippen molar-refractivity contribution in [2.24, 2.45) is 5.92 Å². The third-order valence-electron chi connectivity index (χ3n) is 7.74. The molecule has 0 aromatic heterocycles. The molecule has 0 saturated heterocycles. The predicted molar refractivity (Wildman–Crippen MR) is 143 cm³/mol. The zero-order valence-electron chi connectivity index (χ0n) is 21.5. The number of Topliss-reactive ketones (excluding diaryl/α,β-unsaturated/α-hetero) is 2. The highest BCUT2D eigenvalue weighted by atomic mass is 16.1. The van der Waals surface area contributed by atoms with E-state index in [1.165, 1.54) is 88.2 Å². The lowest BCUT2D eigenvalue weighted by Gasteiger charge is -2.29. The zero-order valence-corrected chi connectivity index (χ0v) is 21.5. The first-order valence-electron chi connectivity index (χ1n) is 13.9. The van der Waals surface area contributed by atoms with E-state index in [-0.39, 0.29) is 18.0 Å². The van der Waals surface area contributed by atoms with Crippen molar-refractivity contribution in [3.8, 4) is 11.1 Å². The van der Waals surface area contributed by atoms with Gasteiger partial charge >= 0.3 is 0 Å². The van der Waals surface area contributed by atoms with E-state index in [9.17, 15) is 9.59 Å². The molecule has 1 fully saturated rings. The monoisotopic (exact) mass is 460 g/mol. The molecule has 2 aromatic rings. The number of carbonyl (C=O) groups is 2. The van der Waals surface area contributed by atoms with E-state index >= 15 is 0 Å². The van der Waals surface area contributed by atoms with Crippen molar-refractivity contribution in [3.63, 3.8) is 0 Å². The fourth-order valence-corrected chi connectivity index (χ4v) is 5.38. The summed E-state index contributed by atoms with van der Waals surface area (Å²) in [6.07, 6.45) is 17.2. The van der Waals surface area contributed by atoms with Crippen molar-refractivity contribution in [1.29, 1.82) is 0 Å². The van der Waals surface area contributed by atoms with E-state index in [1.807, 2.05) is 24.3 Å². The maximum absolute atomic E-state index is 12.2. The molecule has 0 amide bonds. The lowest BCUT2D eigenvalue weighted by atomic mass is 9.77. The predicted octanol–water partition coefficient (Wildman–Crippen LogP) is 9.32. The van der Waals surface area contributed by atoms with E-state index in [0.29, 0.717) is 17.9 Å². The van der Waals surface area contributed by atoms with Gasteiger partial charge in [-0.25, -0.2) is 0 Å². The van der Waals surface area contributed by atoms with Gasteiger partial charge in [-0.2, -0.15) is 0 Å². The van der Waals surface area contributed by atoms with Crippen molar-refractivity contribution in [2.75, 3.05) is 0 Å². The average Bonchev–Trinajstić information content (AvgIpc) is 2.88. The van der Waals surface area contributed by atoms with E-state index in [4.69, 9.17) is 0 Å². The third kappa shape index (κ3) is 8.22. The highest BCUT2D eigenvalue weighted by Crippen LogP contribution is 2.38. The van der Waals surface area contributed by atoms with Crippen LogP contribution in [0, 0.1) is 5.92 Å². The van der Waals surface area contributed by atoms with Crippen LogP contribution in [0.5, 0.6) is 0 Å². The molecule has 184 valence electrons. The van der Waals surface area contributed by atoms with Gasteiger partial charge in [0.25, 0.3) is 0 Å². The van der Waals surface area contributed by atoms with Gasteiger partial charge in [-0.15, -0.1) is 0 Å². The lowest BCUT2D eigenvalue weighted by Crippen LogP contribution is -2.13. The molecule has 2 nitrogen and oxygen atoms in total. The number of carbonyl (C=O) groups excluding carboxylic acids is 2. The Kier molecular flexibility index (Phi) is 11.1. The molecule has 0 unspecified atom stereocenters. The minimum Gasteiger partial charge on any atom is -0.299 e. The minimum atomic E-state index is -0.0867. The second-order valence-electron chi connectivity index (χ2n) is 10.3. The summed E-state index contributed by atoms with van der Waals surface area (Å²) >= 11 is 0. The second kappa shape index (κ2) is 14.2. The molecule has 0 radical (unpaired) electrons. The Morgan fingerprint density at radius 1 is 0.706 bits per heavy atom. The molecule has 1 aliphatic carbocycles. The smallest absolute Gasteiger partial charge is 0.170 e. The Morgan fingerprint density at radius 2 is 1.26 bits per heavy atom. The topological polar surface area (TPSA) is 34.1 Å². The van der Waals surface area contributed by atoms with Crippen LogP contribution in [-0.2, 0) is 4.79 Å². The van der Waals surface area contributed by atoms with Gasteiger partial charge in [-0.3, -0.25) is 9.59 Å². The Morgan fingerprint density at radius 3 is 1.85 bits per heavy atom. The largest absolute Gasteiger partial charge is 0.299 e. The highest BCUT2D eigenvalue weighted by molar-refractivity contribution is 6.08. The zero-order chi connectivity index (χ0) is 24.2. The summed E-state index contributed by atoms with van der Waals surface area (Å²) in [5, 5.41) is 0. The molecule has 3 rings (SSSR count). The van der Waals surface area contributed by atoms with Crippen LogP contribution in [0.25, 0.3) is 11.1 Å². The number of hydrogen-bond donors (Lipinski definition) is 0.